The van der Waals surface area contributed by atoms with E-state index in [1.165, 1.54) is 0 Å². The molecule has 0 aliphatic heterocycles. The molecule has 0 spiro atoms. The van der Waals surface area contributed by atoms with Gasteiger partial charge in [-0.05, 0) is 60.4 Å². The van der Waals surface area contributed by atoms with E-state index >= 15 is 0 Å². The van der Waals surface area contributed by atoms with Crippen molar-refractivity contribution in [2.45, 2.75) is 37.5 Å². The summed E-state index contributed by atoms with van der Waals surface area (Å²) in [4.78, 5) is 25.6. The smallest absolute Gasteiger partial charge is 0.257 e. The van der Waals surface area contributed by atoms with E-state index in [4.69, 9.17) is 9.47 Å². The summed E-state index contributed by atoms with van der Waals surface area (Å²) in [6, 6.07) is 15.2. The minimum Gasteiger partial charge on any atom is -0.484 e. The SMILES string of the molecule is CC(C)CNC(=O)COc1ccc(Sc2ccc(OCC(=O)NCC(C)C)cc2)cc1. The Labute approximate surface area is 189 Å². The van der Waals surface area contributed by atoms with Crippen LogP contribution >= 0.6 is 11.8 Å². The summed E-state index contributed by atoms with van der Waals surface area (Å²) >= 11 is 1.61. The molecule has 0 aromatic heterocycles. The van der Waals surface area contributed by atoms with Crippen LogP contribution in [0.5, 0.6) is 11.5 Å². The number of hydrogen-bond acceptors (Lipinski definition) is 5. The number of ether oxygens (including phenoxy) is 2. The molecule has 2 N–H and O–H groups in total. The van der Waals surface area contributed by atoms with Crippen molar-refractivity contribution in [3.63, 3.8) is 0 Å². The van der Waals surface area contributed by atoms with Gasteiger partial charge in [0, 0.05) is 22.9 Å². The van der Waals surface area contributed by atoms with Crippen molar-refractivity contribution in [2.75, 3.05) is 26.3 Å². The van der Waals surface area contributed by atoms with Gasteiger partial charge in [0.2, 0.25) is 0 Å². The first kappa shape index (κ1) is 24.6. The normalized spacial score (nSPS) is 10.8. The van der Waals surface area contributed by atoms with Gasteiger partial charge in [0.1, 0.15) is 11.5 Å². The molecule has 7 heteroatoms. The predicted octanol–water partition coefficient (Wildman–Crippen LogP) is 4.14. The van der Waals surface area contributed by atoms with Gasteiger partial charge in [0.05, 0.1) is 0 Å². The molecular formula is C24H32N2O4S. The molecule has 0 unspecified atom stereocenters. The molecule has 0 heterocycles. The molecule has 2 aromatic carbocycles. The first-order valence-electron chi connectivity index (χ1n) is 10.5. The Kier molecular flexibility index (Phi) is 10.2. The van der Waals surface area contributed by atoms with Crippen molar-refractivity contribution >= 4 is 23.6 Å². The van der Waals surface area contributed by atoms with Gasteiger partial charge in [-0.15, -0.1) is 0 Å². The number of carbonyl (C=O) groups excluding carboxylic acids is 2. The number of rotatable bonds is 12. The highest BCUT2D eigenvalue weighted by molar-refractivity contribution is 7.99. The van der Waals surface area contributed by atoms with Crippen molar-refractivity contribution < 1.29 is 19.1 Å². The minimum atomic E-state index is -0.119. The topological polar surface area (TPSA) is 76.7 Å². The van der Waals surface area contributed by atoms with Crippen LogP contribution in [0.3, 0.4) is 0 Å². The first-order chi connectivity index (χ1) is 14.8. The summed E-state index contributed by atoms with van der Waals surface area (Å²) < 4.78 is 11.1. The Morgan fingerprint density at radius 1 is 0.710 bits per heavy atom. The third-order valence-electron chi connectivity index (χ3n) is 4.04. The van der Waals surface area contributed by atoms with E-state index in [9.17, 15) is 9.59 Å². The molecule has 2 rings (SSSR count). The zero-order valence-electron chi connectivity index (χ0n) is 18.6. The number of benzene rings is 2. The molecule has 2 aromatic rings. The van der Waals surface area contributed by atoms with Gasteiger partial charge in [-0.3, -0.25) is 9.59 Å². The highest BCUT2D eigenvalue weighted by Crippen LogP contribution is 2.30. The standard InChI is InChI=1S/C24H32N2O4S/c1-17(2)13-25-23(27)15-29-19-5-9-21(10-6-19)31-22-11-7-20(8-12-22)30-16-24(28)26-14-18(3)4/h5-12,17-18H,13-16H2,1-4H3,(H,25,27)(H,26,28). The van der Waals surface area contributed by atoms with E-state index in [2.05, 4.69) is 10.6 Å². The molecule has 0 bridgehead atoms. The monoisotopic (exact) mass is 444 g/mol. The highest BCUT2D eigenvalue weighted by Gasteiger charge is 2.06. The predicted molar refractivity (Wildman–Crippen MR) is 124 cm³/mol. The highest BCUT2D eigenvalue weighted by atomic mass is 32.2. The molecule has 0 saturated heterocycles. The van der Waals surface area contributed by atoms with Crippen LogP contribution < -0.4 is 20.1 Å². The van der Waals surface area contributed by atoms with Gasteiger partial charge in [-0.1, -0.05) is 39.5 Å². The van der Waals surface area contributed by atoms with Crippen LogP contribution in [0.25, 0.3) is 0 Å². The molecule has 0 radical (unpaired) electrons. The lowest BCUT2D eigenvalue weighted by molar-refractivity contribution is -0.124. The van der Waals surface area contributed by atoms with Crippen LogP contribution in [0.4, 0.5) is 0 Å². The van der Waals surface area contributed by atoms with E-state index < -0.39 is 0 Å². The molecule has 0 aliphatic rings. The van der Waals surface area contributed by atoms with Crippen LogP contribution in [-0.2, 0) is 9.59 Å². The maximum atomic E-state index is 11.7. The van der Waals surface area contributed by atoms with Crippen molar-refractivity contribution in [1.82, 2.24) is 10.6 Å². The number of carbonyl (C=O) groups is 2. The zero-order chi connectivity index (χ0) is 22.6. The molecule has 6 nitrogen and oxygen atoms in total. The van der Waals surface area contributed by atoms with Crippen LogP contribution in [0, 0.1) is 11.8 Å². The summed E-state index contributed by atoms with van der Waals surface area (Å²) in [7, 11) is 0. The van der Waals surface area contributed by atoms with Crippen molar-refractivity contribution in [2.24, 2.45) is 11.8 Å². The largest absolute Gasteiger partial charge is 0.484 e. The number of nitrogens with one attached hydrogen (secondary N) is 2. The summed E-state index contributed by atoms with van der Waals surface area (Å²) in [6.07, 6.45) is 0. The molecule has 168 valence electrons. The van der Waals surface area contributed by atoms with Crippen molar-refractivity contribution in [1.29, 1.82) is 0 Å². The summed E-state index contributed by atoms with van der Waals surface area (Å²) in [5, 5.41) is 5.65. The second-order valence-corrected chi connectivity index (χ2v) is 9.17. The molecule has 0 fully saturated rings. The second kappa shape index (κ2) is 12.9. The fourth-order valence-corrected chi connectivity index (χ4v) is 3.20. The summed E-state index contributed by atoms with van der Waals surface area (Å²) in [6.45, 7) is 9.50. The zero-order valence-corrected chi connectivity index (χ0v) is 19.5. The quantitative estimate of drug-likeness (QED) is 0.515. The lowest BCUT2D eigenvalue weighted by Gasteiger charge is -2.10. The van der Waals surface area contributed by atoms with E-state index in [0.717, 1.165) is 9.79 Å². The Hall–Kier alpha value is -2.67. The van der Waals surface area contributed by atoms with Gasteiger partial charge in [-0.2, -0.15) is 0 Å². The molecule has 0 atom stereocenters. The van der Waals surface area contributed by atoms with Gasteiger partial charge in [-0.25, -0.2) is 0 Å². The molecule has 0 saturated carbocycles. The van der Waals surface area contributed by atoms with Crippen LogP contribution in [0.1, 0.15) is 27.7 Å². The molecule has 0 aliphatic carbocycles. The number of amides is 2. The fraction of sp³-hybridized carbons (Fsp3) is 0.417. The molecular weight excluding hydrogens is 412 g/mol. The Bertz CT molecular complexity index is 751. The second-order valence-electron chi connectivity index (χ2n) is 8.02. The third kappa shape index (κ3) is 10.3. The maximum absolute atomic E-state index is 11.7. The van der Waals surface area contributed by atoms with Gasteiger partial charge >= 0.3 is 0 Å². The van der Waals surface area contributed by atoms with Gasteiger partial charge in [0.15, 0.2) is 13.2 Å². The lowest BCUT2D eigenvalue weighted by atomic mass is 10.2. The van der Waals surface area contributed by atoms with Crippen LogP contribution in [-0.4, -0.2) is 38.1 Å². The number of hydrogen-bond donors (Lipinski definition) is 2. The van der Waals surface area contributed by atoms with E-state index in [-0.39, 0.29) is 25.0 Å². The van der Waals surface area contributed by atoms with Crippen molar-refractivity contribution in [3.05, 3.63) is 48.5 Å². The Balaban J connectivity index is 1.76. The van der Waals surface area contributed by atoms with Gasteiger partial charge in [0.25, 0.3) is 11.8 Å². The van der Waals surface area contributed by atoms with Gasteiger partial charge < -0.3 is 20.1 Å². The summed E-state index contributed by atoms with van der Waals surface area (Å²) in [5.41, 5.74) is 0. The summed E-state index contributed by atoms with van der Waals surface area (Å²) in [5.74, 6) is 1.90. The van der Waals surface area contributed by atoms with Crippen LogP contribution in [0.2, 0.25) is 0 Å². The third-order valence-corrected chi connectivity index (χ3v) is 5.05. The van der Waals surface area contributed by atoms with Crippen LogP contribution in [0.15, 0.2) is 58.3 Å². The van der Waals surface area contributed by atoms with E-state index in [1.54, 1.807) is 11.8 Å². The maximum Gasteiger partial charge on any atom is 0.257 e. The van der Waals surface area contributed by atoms with E-state index in [0.29, 0.717) is 36.4 Å². The lowest BCUT2D eigenvalue weighted by Crippen LogP contribution is -2.31. The molecule has 2 amide bonds. The minimum absolute atomic E-state index is 0.0101. The first-order valence-corrected chi connectivity index (χ1v) is 11.3. The van der Waals surface area contributed by atoms with E-state index in [1.807, 2.05) is 76.2 Å². The average molecular weight is 445 g/mol. The average Bonchev–Trinajstić information content (AvgIpc) is 2.75. The fourth-order valence-electron chi connectivity index (χ4n) is 2.38. The van der Waals surface area contributed by atoms with Crippen molar-refractivity contribution in [3.8, 4) is 11.5 Å². The Morgan fingerprint density at radius 2 is 1.06 bits per heavy atom. The Morgan fingerprint density at radius 3 is 1.39 bits per heavy atom. The molecule has 31 heavy (non-hydrogen) atoms.